The van der Waals surface area contributed by atoms with Crippen molar-refractivity contribution in [1.82, 2.24) is 4.90 Å². The first-order valence-electron chi connectivity index (χ1n) is 15.0. The number of halogens is 3. The molecule has 0 radical (unpaired) electrons. The zero-order valence-electron chi connectivity index (χ0n) is 25.3. The van der Waals surface area contributed by atoms with Crippen molar-refractivity contribution in [3.63, 3.8) is 0 Å². The van der Waals surface area contributed by atoms with Gasteiger partial charge in [-0.2, -0.15) is 13.2 Å². The molecule has 1 N–H and O–H groups in total. The van der Waals surface area contributed by atoms with Gasteiger partial charge in [-0.15, -0.1) is 0 Å². The zero-order chi connectivity index (χ0) is 32.1. The number of ether oxygens (including phenoxy) is 2. The molecule has 0 spiro atoms. The molecule has 0 bridgehead atoms. The Morgan fingerprint density at radius 1 is 0.804 bits per heavy atom. The summed E-state index contributed by atoms with van der Waals surface area (Å²) in [5.41, 5.74) is 6.03. The summed E-state index contributed by atoms with van der Waals surface area (Å²) in [6.07, 6.45) is -3.59. The van der Waals surface area contributed by atoms with Crippen molar-refractivity contribution in [3.05, 3.63) is 149 Å². The lowest BCUT2D eigenvalue weighted by molar-refractivity contribution is -0.137. The normalized spacial score (nSPS) is 13.1. The molecule has 5 aromatic carbocycles. The molecule has 0 aliphatic carbocycles. The Labute approximate surface area is 266 Å². The van der Waals surface area contributed by atoms with Crippen molar-refractivity contribution in [2.75, 3.05) is 19.0 Å². The van der Waals surface area contributed by atoms with E-state index in [-0.39, 0.29) is 5.91 Å². The number of nitrogens with one attached hydrogen (secondary N) is 1. The molecule has 0 saturated heterocycles. The predicted octanol–water partition coefficient (Wildman–Crippen LogP) is 8.77. The number of benzene rings is 5. The van der Waals surface area contributed by atoms with E-state index in [1.54, 1.807) is 31.4 Å². The number of amides is 1. The van der Waals surface area contributed by atoms with Gasteiger partial charge in [-0.3, -0.25) is 9.69 Å². The van der Waals surface area contributed by atoms with Crippen LogP contribution in [0.15, 0.2) is 115 Å². The van der Waals surface area contributed by atoms with E-state index in [9.17, 15) is 18.0 Å². The standard InChI is InChI=1S/C38H33F3N2O3/c1-45-36-21-27(11-18-35(36)46-25-26-7-3-2-4-8-26)23-43-20-19-29-22-32(17-14-30(29)24-43)42-37(44)34-10-6-5-9-33(34)28-12-15-31(16-13-28)38(39,40)41/h2-18,21-22H,19-20,23-25H2,1H3,(H,42,44). The van der Waals surface area contributed by atoms with Crippen molar-refractivity contribution < 1.29 is 27.4 Å². The number of anilines is 1. The summed E-state index contributed by atoms with van der Waals surface area (Å²) in [5, 5.41) is 2.99. The van der Waals surface area contributed by atoms with Crippen molar-refractivity contribution in [3.8, 4) is 22.6 Å². The Morgan fingerprint density at radius 2 is 1.57 bits per heavy atom. The lowest BCUT2D eigenvalue weighted by atomic mass is 9.97. The summed E-state index contributed by atoms with van der Waals surface area (Å²) >= 11 is 0. The molecule has 8 heteroatoms. The van der Waals surface area contributed by atoms with Gasteiger partial charge in [-0.25, -0.2) is 0 Å². The van der Waals surface area contributed by atoms with E-state index in [2.05, 4.69) is 16.3 Å². The van der Waals surface area contributed by atoms with Crippen LogP contribution in [0.25, 0.3) is 11.1 Å². The quantitative estimate of drug-likeness (QED) is 0.179. The van der Waals surface area contributed by atoms with Crippen molar-refractivity contribution in [2.45, 2.75) is 32.3 Å². The Bertz CT molecular complexity index is 1820. The highest BCUT2D eigenvalue weighted by Gasteiger charge is 2.30. The number of alkyl halides is 3. The first-order valence-corrected chi connectivity index (χ1v) is 15.0. The number of carbonyl (C=O) groups is 1. The first-order chi connectivity index (χ1) is 22.3. The number of fused-ring (bicyclic) bond motifs is 1. The maximum atomic E-state index is 13.3. The molecule has 0 saturated carbocycles. The maximum Gasteiger partial charge on any atom is 0.416 e. The van der Waals surface area contributed by atoms with E-state index in [0.717, 1.165) is 49.3 Å². The molecule has 46 heavy (non-hydrogen) atoms. The van der Waals surface area contributed by atoms with Gasteiger partial charge in [0.05, 0.1) is 12.7 Å². The molecule has 1 heterocycles. The first kappa shape index (κ1) is 30.9. The van der Waals surface area contributed by atoms with Gasteiger partial charge in [-0.05, 0) is 82.3 Å². The average Bonchev–Trinajstić information content (AvgIpc) is 3.08. The Morgan fingerprint density at radius 3 is 2.33 bits per heavy atom. The molecule has 0 atom stereocenters. The Kier molecular flexibility index (Phi) is 9.08. The average molecular weight is 623 g/mol. The number of methoxy groups -OCH3 is 1. The fourth-order valence-electron chi connectivity index (χ4n) is 5.72. The van der Waals surface area contributed by atoms with Gasteiger partial charge in [0.25, 0.3) is 5.91 Å². The van der Waals surface area contributed by atoms with Crippen LogP contribution >= 0.6 is 0 Å². The molecule has 0 fully saturated rings. The van der Waals surface area contributed by atoms with E-state index in [1.807, 2.05) is 60.7 Å². The number of hydrogen-bond acceptors (Lipinski definition) is 4. The summed E-state index contributed by atoms with van der Waals surface area (Å²) in [7, 11) is 1.65. The van der Waals surface area contributed by atoms with Gasteiger partial charge < -0.3 is 14.8 Å². The van der Waals surface area contributed by atoms with Crippen LogP contribution in [0, 0.1) is 0 Å². The van der Waals surface area contributed by atoms with E-state index >= 15 is 0 Å². The predicted molar refractivity (Wildman–Crippen MR) is 173 cm³/mol. The molecule has 0 unspecified atom stereocenters. The molecule has 1 aliphatic rings. The number of rotatable bonds is 9. The fourth-order valence-corrected chi connectivity index (χ4v) is 5.72. The minimum atomic E-state index is -4.42. The molecule has 5 aromatic rings. The highest BCUT2D eigenvalue weighted by molar-refractivity contribution is 6.08. The second-order valence-electron chi connectivity index (χ2n) is 11.3. The van der Waals surface area contributed by atoms with E-state index in [1.165, 1.54) is 23.3 Å². The van der Waals surface area contributed by atoms with Crippen molar-refractivity contribution in [1.29, 1.82) is 0 Å². The molecule has 234 valence electrons. The van der Waals surface area contributed by atoms with Crippen molar-refractivity contribution in [2.24, 2.45) is 0 Å². The van der Waals surface area contributed by atoms with E-state index in [0.29, 0.717) is 40.5 Å². The maximum absolute atomic E-state index is 13.3. The third-order valence-corrected chi connectivity index (χ3v) is 8.12. The SMILES string of the molecule is COc1cc(CN2CCc3cc(NC(=O)c4ccccc4-c4ccc(C(F)(F)F)cc4)ccc3C2)ccc1OCc1ccccc1. The minimum absolute atomic E-state index is 0.321. The second kappa shape index (κ2) is 13.5. The third-order valence-electron chi connectivity index (χ3n) is 8.12. The third kappa shape index (κ3) is 7.24. The van der Waals surface area contributed by atoms with Crippen LogP contribution in [0.3, 0.4) is 0 Å². The number of hydrogen-bond donors (Lipinski definition) is 1. The van der Waals surface area contributed by atoms with Gasteiger partial charge >= 0.3 is 6.18 Å². The van der Waals surface area contributed by atoms with Gasteiger partial charge in [0.2, 0.25) is 0 Å². The van der Waals surface area contributed by atoms with Gasteiger partial charge in [0.1, 0.15) is 6.61 Å². The van der Waals surface area contributed by atoms with E-state index < -0.39 is 11.7 Å². The monoisotopic (exact) mass is 622 g/mol. The van der Waals surface area contributed by atoms with Crippen LogP contribution in [0.1, 0.15) is 38.2 Å². The Balaban J connectivity index is 1.09. The van der Waals surface area contributed by atoms with Crippen LogP contribution < -0.4 is 14.8 Å². The Hall–Kier alpha value is -5.08. The summed E-state index contributed by atoms with van der Waals surface area (Å²) in [6.45, 7) is 2.85. The number of carbonyl (C=O) groups excluding carboxylic acids is 1. The lowest BCUT2D eigenvalue weighted by Crippen LogP contribution is -2.30. The minimum Gasteiger partial charge on any atom is -0.493 e. The molecular weight excluding hydrogens is 589 g/mol. The molecule has 1 aliphatic heterocycles. The largest absolute Gasteiger partial charge is 0.493 e. The highest BCUT2D eigenvalue weighted by Crippen LogP contribution is 2.33. The summed E-state index contributed by atoms with van der Waals surface area (Å²) < 4.78 is 50.8. The van der Waals surface area contributed by atoms with Crippen LogP contribution in [-0.2, 0) is 32.3 Å². The van der Waals surface area contributed by atoms with Gasteiger partial charge in [-0.1, -0.05) is 72.8 Å². The summed E-state index contributed by atoms with van der Waals surface area (Å²) in [6, 6.07) is 33.8. The molecule has 6 rings (SSSR count). The molecular formula is C38H33F3N2O3. The van der Waals surface area contributed by atoms with Gasteiger partial charge in [0.15, 0.2) is 11.5 Å². The summed E-state index contributed by atoms with van der Waals surface area (Å²) in [5.74, 6) is 1.08. The van der Waals surface area contributed by atoms with Crippen LogP contribution in [0.5, 0.6) is 11.5 Å². The van der Waals surface area contributed by atoms with Crippen LogP contribution in [0.4, 0.5) is 18.9 Å². The highest BCUT2D eigenvalue weighted by atomic mass is 19.4. The topological polar surface area (TPSA) is 50.8 Å². The van der Waals surface area contributed by atoms with Gasteiger partial charge in [0, 0.05) is 30.9 Å². The fraction of sp³-hybridized carbons (Fsp3) is 0.184. The second-order valence-corrected chi connectivity index (χ2v) is 11.3. The lowest BCUT2D eigenvalue weighted by Gasteiger charge is -2.29. The van der Waals surface area contributed by atoms with E-state index in [4.69, 9.17) is 9.47 Å². The van der Waals surface area contributed by atoms with Crippen LogP contribution in [-0.4, -0.2) is 24.5 Å². The smallest absolute Gasteiger partial charge is 0.416 e. The molecule has 1 amide bonds. The molecule has 5 nitrogen and oxygen atoms in total. The van der Waals surface area contributed by atoms with Crippen LogP contribution in [0.2, 0.25) is 0 Å². The number of nitrogens with zero attached hydrogens (tertiary/aromatic N) is 1. The summed E-state index contributed by atoms with van der Waals surface area (Å²) in [4.78, 5) is 15.7. The molecule has 0 aromatic heterocycles. The zero-order valence-corrected chi connectivity index (χ0v) is 25.3. The van der Waals surface area contributed by atoms with Crippen molar-refractivity contribution >= 4 is 11.6 Å².